The molecule has 6 aliphatic heterocycles. The van der Waals surface area contributed by atoms with Crippen molar-refractivity contribution in [3.05, 3.63) is 131 Å². The first-order valence-corrected chi connectivity index (χ1v) is 37.2. The van der Waals surface area contributed by atoms with Crippen LogP contribution in [-0.4, -0.2) is 130 Å². The number of carbonyl (C=O) groups excluding carboxylic acids is 4. The van der Waals surface area contributed by atoms with Crippen LogP contribution >= 0.6 is 0 Å². The third kappa shape index (κ3) is 13.5. The van der Waals surface area contributed by atoms with E-state index in [2.05, 4.69) is 120 Å². The fourth-order valence-electron chi connectivity index (χ4n) is 16.4. The molecule has 4 aromatic heterocycles. The molecular weight excluding hydrogens is 1310 g/mol. The van der Waals surface area contributed by atoms with E-state index >= 15 is 0 Å². The summed E-state index contributed by atoms with van der Waals surface area (Å²) in [5.41, 5.74) is 14.3. The SMILES string of the molecule is C[C@H]1CC[C@@H](c2ncc(-c3ccc4c(c3)COc3cc5c(cc3-4)CCc3[nH]c([C@@H]4CC[C@H](C)N4C(=O)OC(C)(C)C)nc3-5)[nH]2)N1C(=O)OC(C)(C)C.C[C@H]1CC[C@@H](c2ncc(-c3ccc4c(c3)COc3cc5c(ccc6[nH]c([C@@H]7CC[C@H](C)N7C(=O)OC(C)(C)C)nc65)cc3-4)[nH]2)N1C(=O)OC(C)(C)C. The fourth-order valence-corrected chi connectivity index (χ4v) is 16.4. The molecule has 10 heterocycles. The number of hydrogen-bond acceptors (Lipinski definition) is 14. The smallest absolute Gasteiger partial charge is 0.411 e. The quantitative estimate of drug-likeness (QED) is 0.113. The number of nitrogens with zero attached hydrogens (tertiary/aromatic N) is 8. The Kier molecular flexibility index (Phi) is 17.5. The molecule has 5 aromatic carbocycles. The molecule has 0 bridgehead atoms. The summed E-state index contributed by atoms with van der Waals surface area (Å²) in [4.78, 5) is 93.8. The molecule has 4 saturated heterocycles. The number of rotatable bonds is 6. The summed E-state index contributed by atoms with van der Waals surface area (Å²) < 4.78 is 35.8. The maximum absolute atomic E-state index is 13.2. The average Bonchev–Trinajstić information content (AvgIpc) is 1.21. The van der Waals surface area contributed by atoms with Crippen LogP contribution in [0.3, 0.4) is 0 Å². The summed E-state index contributed by atoms with van der Waals surface area (Å²) in [6.45, 7) is 31.9. The predicted molar refractivity (Wildman–Crippen MR) is 398 cm³/mol. The van der Waals surface area contributed by atoms with Crippen LogP contribution in [0.4, 0.5) is 19.2 Å². The molecule has 22 heteroatoms. The Morgan fingerprint density at radius 2 is 0.846 bits per heavy atom. The number of benzene rings is 5. The number of amides is 4. The van der Waals surface area contributed by atoms with Crippen LogP contribution in [0.5, 0.6) is 11.5 Å². The van der Waals surface area contributed by atoms with Crippen molar-refractivity contribution in [2.24, 2.45) is 0 Å². The van der Waals surface area contributed by atoms with Gasteiger partial charge in [-0.2, -0.15) is 0 Å². The van der Waals surface area contributed by atoms with Crippen molar-refractivity contribution in [3.63, 3.8) is 0 Å². The van der Waals surface area contributed by atoms with E-state index in [-0.39, 0.29) is 72.7 Å². The predicted octanol–water partition coefficient (Wildman–Crippen LogP) is 18.6. The van der Waals surface area contributed by atoms with Crippen LogP contribution in [0.25, 0.3) is 77.8 Å². The number of fused-ring (bicyclic) bond motifs is 12. The second-order valence-electron chi connectivity index (χ2n) is 33.6. The van der Waals surface area contributed by atoms with Crippen molar-refractivity contribution in [1.82, 2.24) is 59.5 Å². The maximum Gasteiger partial charge on any atom is 0.411 e. The monoisotopic (exact) mass is 1410 g/mol. The molecule has 0 radical (unpaired) electrons. The average molecular weight is 1410 g/mol. The Morgan fingerprint density at radius 1 is 0.423 bits per heavy atom. The molecule has 1 aliphatic carbocycles. The topological polar surface area (TPSA) is 251 Å². The number of H-pyrrole nitrogens is 4. The molecule has 0 saturated carbocycles. The van der Waals surface area contributed by atoms with Crippen LogP contribution in [0.1, 0.15) is 232 Å². The fraction of sp³-hybridized carbons (Fsp3) is 0.488. The first-order chi connectivity index (χ1) is 49.3. The summed E-state index contributed by atoms with van der Waals surface area (Å²) in [7, 11) is 0. The third-order valence-electron chi connectivity index (χ3n) is 21.2. The second kappa shape index (κ2) is 26.1. The second-order valence-corrected chi connectivity index (χ2v) is 33.6. The van der Waals surface area contributed by atoms with Gasteiger partial charge in [-0.25, -0.2) is 39.1 Å². The summed E-state index contributed by atoms with van der Waals surface area (Å²) in [6.07, 6.45) is 11.1. The van der Waals surface area contributed by atoms with Crippen molar-refractivity contribution in [3.8, 4) is 67.5 Å². The van der Waals surface area contributed by atoms with Crippen LogP contribution in [0, 0.1) is 0 Å². The molecular formula is C82H98N12O10. The molecule has 9 aromatic rings. The molecule has 22 nitrogen and oxygen atoms in total. The standard InChI is InChI=1S/C41H50N6O5.C41H48N6O5/c2*1-22-9-15-32(46(22)38(48)51-40(3,4)5)36-42-20-31(44-36)25-11-13-27-26(17-25)21-50-34-19-28-24(18-29(27)34)12-14-30-35(28)45-37(43-30)33-16-10-23(2)47(33)39(49)52-41(6,7)8/h11,13,17-20,22-23,32-33H,9-10,12,14-16,21H2,1-8H3,(H,42,44)(H,43,45);11-14,17-20,22-23,32-33H,9-10,15-16,21H2,1-8H3,(H,42,44)(H,43,45)/t2*22-,23-,32-,33-/m00/s1. The van der Waals surface area contributed by atoms with E-state index in [1.807, 2.05) is 115 Å². The van der Waals surface area contributed by atoms with E-state index < -0.39 is 22.4 Å². The lowest BCUT2D eigenvalue weighted by molar-refractivity contribution is 0.0140. The van der Waals surface area contributed by atoms with Gasteiger partial charge in [-0.05, 0) is 262 Å². The van der Waals surface area contributed by atoms with E-state index in [0.717, 1.165) is 194 Å². The van der Waals surface area contributed by atoms with E-state index in [4.69, 9.17) is 48.4 Å². The summed E-state index contributed by atoms with van der Waals surface area (Å²) in [5.74, 6) is 4.81. The summed E-state index contributed by atoms with van der Waals surface area (Å²) in [5, 5.41) is 2.06. The van der Waals surface area contributed by atoms with Crippen molar-refractivity contribution in [2.45, 2.75) is 259 Å². The van der Waals surface area contributed by atoms with E-state index in [9.17, 15) is 19.2 Å². The Morgan fingerprint density at radius 3 is 1.30 bits per heavy atom. The number of imidazole rings is 4. The van der Waals surface area contributed by atoms with Gasteiger partial charge in [-0.3, -0.25) is 19.6 Å². The number of aromatic nitrogens is 8. The molecule has 8 atom stereocenters. The van der Waals surface area contributed by atoms with Gasteiger partial charge >= 0.3 is 24.4 Å². The molecule has 546 valence electrons. The molecule has 104 heavy (non-hydrogen) atoms. The van der Waals surface area contributed by atoms with E-state index in [1.165, 1.54) is 5.56 Å². The van der Waals surface area contributed by atoms with Crippen molar-refractivity contribution in [1.29, 1.82) is 0 Å². The molecule has 4 fully saturated rings. The van der Waals surface area contributed by atoms with Crippen LogP contribution in [-0.2, 0) is 45.0 Å². The first kappa shape index (κ1) is 69.8. The highest BCUT2D eigenvalue weighted by Crippen LogP contribution is 2.49. The van der Waals surface area contributed by atoms with Gasteiger partial charge in [0, 0.05) is 51.9 Å². The van der Waals surface area contributed by atoms with E-state index in [1.54, 1.807) is 0 Å². The van der Waals surface area contributed by atoms with Crippen LogP contribution < -0.4 is 9.47 Å². The molecule has 0 unspecified atom stereocenters. The van der Waals surface area contributed by atoms with Gasteiger partial charge in [0.1, 0.15) is 70.4 Å². The zero-order valence-corrected chi connectivity index (χ0v) is 62.8. The Balaban J connectivity index is 0.000000167. The van der Waals surface area contributed by atoms with Gasteiger partial charge in [-0.1, -0.05) is 30.3 Å². The Hall–Kier alpha value is -9.86. The number of nitrogens with one attached hydrogen (secondary N) is 4. The van der Waals surface area contributed by atoms with Gasteiger partial charge in [0.05, 0.1) is 64.7 Å². The number of aromatic amines is 4. The summed E-state index contributed by atoms with van der Waals surface area (Å²) in [6, 6.07) is 25.4. The van der Waals surface area contributed by atoms with Crippen molar-refractivity contribution in [2.75, 3.05) is 0 Å². The van der Waals surface area contributed by atoms with Crippen molar-refractivity contribution < 1.29 is 47.6 Å². The lowest BCUT2D eigenvalue weighted by Gasteiger charge is -2.30. The lowest BCUT2D eigenvalue weighted by atomic mass is 9.86. The maximum atomic E-state index is 13.2. The Bertz CT molecular complexity index is 4860. The highest BCUT2D eigenvalue weighted by atomic mass is 16.6. The molecule has 16 rings (SSSR count). The highest BCUT2D eigenvalue weighted by Gasteiger charge is 2.45. The Labute approximate surface area is 607 Å². The van der Waals surface area contributed by atoms with Crippen LogP contribution in [0.15, 0.2) is 85.2 Å². The molecule has 4 N–H and O–H groups in total. The largest absolute Gasteiger partial charge is 0.488 e. The number of ether oxygens (including phenoxy) is 6. The molecule has 7 aliphatic rings. The van der Waals surface area contributed by atoms with Gasteiger partial charge in [0.25, 0.3) is 0 Å². The van der Waals surface area contributed by atoms with Gasteiger partial charge in [0.15, 0.2) is 0 Å². The minimum Gasteiger partial charge on any atom is -0.488 e. The molecule has 0 spiro atoms. The minimum absolute atomic E-state index is 0.0618. The first-order valence-electron chi connectivity index (χ1n) is 37.2. The van der Waals surface area contributed by atoms with Gasteiger partial charge in [-0.15, -0.1) is 0 Å². The van der Waals surface area contributed by atoms with E-state index in [0.29, 0.717) is 13.2 Å². The number of hydrogen-bond donors (Lipinski definition) is 4. The number of aryl methyl sites for hydroxylation is 2. The summed E-state index contributed by atoms with van der Waals surface area (Å²) >= 11 is 0. The third-order valence-corrected chi connectivity index (χ3v) is 21.2. The highest BCUT2D eigenvalue weighted by molar-refractivity contribution is 6.07. The zero-order valence-electron chi connectivity index (χ0n) is 62.8. The normalized spacial score (nSPS) is 22.0. The number of carbonyl (C=O) groups is 4. The minimum atomic E-state index is -0.572. The van der Waals surface area contributed by atoms with Crippen molar-refractivity contribution >= 4 is 46.2 Å². The van der Waals surface area contributed by atoms with Crippen LogP contribution in [0.2, 0.25) is 0 Å². The number of likely N-dealkylation sites (tertiary alicyclic amines) is 4. The lowest BCUT2D eigenvalue weighted by Crippen LogP contribution is -2.40. The molecule has 4 amide bonds. The van der Waals surface area contributed by atoms with Gasteiger partial charge in [0.2, 0.25) is 0 Å². The zero-order chi connectivity index (χ0) is 73.4. The van der Waals surface area contributed by atoms with Gasteiger partial charge < -0.3 is 48.4 Å².